The van der Waals surface area contributed by atoms with E-state index in [1.54, 1.807) is 12.1 Å². The molecule has 0 aromatic heterocycles. The van der Waals surface area contributed by atoms with Crippen LogP contribution < -0.4 is 10.1 Å². The highest BCUT2D eigenvalue weighted by atomic mass is 35.5. The number of nitrogens with zero attached hydrogens (tertiary/aromatic N) is 2. The summed E-state index contributed by atoms with van der Waals surface area (Å²) >= 11 is 6.28. The number of hydrogen-bond acceptors (Lipinski definition) is 6. The smallest absolute Gasteiger partial charge is 0.246 e. The third-order valence-corrected chi connectivity index (χ3v) is 8.62. The molecular weight excluding hydrogens is 478 g/mol. The number of halogens is 1. The Morgan fingerprint density at radius 1 is 1.12 bits per heavy atom. The van der Waals surface area contributed by atoms with Crippen LogP contribution in [0.5, 0.6) is 5.75 Å². The first-order chi connectivity index (χ1) is 16.4. The number of rotatable bonds is 7. The molecule has 0 radical (unpaired) electrons. The van der Waals surface area contributed by atoms with Crippen LogP contribution in [-0.2, 0) is 26.1 Å². The molecular formula is C24H30ClN3O5S. The number of piperidine rings is 1. The zero-order valence-corrected chi connectivity index (χ0v) is 20.8. The van der Waals surface area contributed by atoms with Gasteiger partial charge in [-0.2, -0.15) is 4.31 Å². The molecule has 8 nitrogen and oxygen atoms in total. The molecule has 1 N–H and O–H groups in total. The number of carbonyl (C=O) groups excluding carboxylic acids is 1. The number of nitrogens with one attached hydrogen (secondary N) is 1. The lowest BCUT2D eigenvalue weighted by Crippen LogP contribution is -2.40. The van der Waals surface area contributed by atoms with Crippen molar-refractivity contribution in [2.75, 3.05) is 51.8 Å². The van der Waals surface area contributed by atoms with Gasteiger partial charge in [-0.1, -0.05) is 29.8 Å². The molecule has 0 spiro atoms. The van der Waals surface area contributed by atoms with Crippen LogP contribution in [0.3, 0.4) is 0 Å². The average molecular weight is 508 g/mol. The SMILES string of the molecule is COc1ccc(NC(=O)C2CCN(Cc3ccccc3Cl)CC2)cc1S(=O)(=O)N1CCOCC1. The molecule has 184 valence electrons. The normalized spacial score (nSPS) is 18.5. The van der Waals surface area contributed by atoms with Crippen molar-refractivity contribution in [1.82, 2.24) is 9.21 Å². The van der Waals surface area contributed by atoms with Gasteiger partial charge in [0.2, 0.25) is 15.9 Å². The van der Waals surface area contributed by atoms with Crippen LogP contribution in [0.4, 0.5) is 5.69 Å². The number of morpholine rings is 1. The van der Waals surface area contributed by atoms with Gasteiger partial charge in [-0.25, -0.2) is 8.42 Å². The Kier molecular flexibility index (Phi) is 8.10. The Hall–Kier alpha value is -2.17. The molecule has 34 heavy (non-hydrogen) atoms. The van der Waals surface area contributed by atoms with Crippen LogP contribution in [0.15, 0.2) is 47.4 Å². The minimum atomic E-state index is -3.77. The number of benzene rings is 2. The highest BCUT2D eigenvalue weighted by Gasteiger charge is 2.30. The molecule has 2 aromatic rings. The first-order valence-electron chi connectivity index (χ1n) is 11.4. The zero-order chi connectivity index (χ0) is 24.1. The maximum Gasteiger partial charge on any atom is 0.246 e. The van der Waals surface area contributed by atoms with Gasteiger partial charge in [-0.3, -0.25) is 9.69 Å². The second-order valence-corrected chi connectivity index (χ2v) is 10.8. The van der Waals surface area contributed by atoms with E-state index in [-0.39, 0.29) is 35.6 Å². The first-order valence-corrected chi connectivity index (χ1v) is 13.2. The highest BCUT2D eigenvalue weighted by Crippen LogP contribution is 2.31. The second-order valence-electron chi connectivity index (χ2n) is 8.51. The van der Waals surface area contributed by atoms with Crippen LogP contribution in [0.25, 0.3) is 0 Å². The van der Waals surface area contributed by atoms with E-state index in [9.17, 15) is 13.2 Å². The summed E-state index contributed by atoms with van der Waals surface area (Å²) in [5.74, 6) is 0.0125. The predicted octanol–water partition coefficient (Wildman–Crippen LogP) is 3.22. The molecule has 2 aliphatic heterocycles. The van der Waals surface area contributed by atoms with Crippen molar-refractivity contribution in [3.05, 3.63) is 53.1 Å². The van der Waals surface area contributed by atoms with Crippen LogP contribution in [0.2, 0.25) is 5.02 Å². The summed E-state index contributed by atoms with van der Waals surface area (Å²) in [6, 6.07) is 12.5. The third-order valence-electron chi connectivity index (χ3n) is 6.33. The quantitative estimate of drug-likeness (QED) is 0.619. The predicted molar refractivity (Wildman–Crippen MR) is 131 cm³/mol. The minimum Gasteiger partial charge on any atom is -0.495 e. The highest BCUT2D eigenvalue weighted by molar-refractivity contribution is 7.89. The molecule has 2 fully saturated rings. The Bertz CT molecular complexity index is 1110. The van der Waals surface area contributed by atoms with Crippen LogP contribution in [0.1, 0.15) is 18.4 Å². The number of sulfonamides is 1. The van der Waals surface area contributed by atoms with Crippen molar-refractivity contribution in [1.29, 1.82) is 0 Å². The van der Waals surface area contributed by atoms with Crippen molar-refractivity contribution in [2.24, 2.45) is 5.92 Å². The van der Waals surface area contributed by atoms with Crippen molar-refractivity contribution < 1.29 is 22.7 Å². The number of methoxy groups -OCH3 is 1. The van der Waals surface area contributed by atoms with Crippen molar-refractivity contribution in [3.8, 4) is 5.75 Å². The van der Waals surface area contributed by atoms with E-state index in [1.807, 2.05) is 24.3 Å². The maximum absolute atomic E-state index is 13.2. The Morgan fingerprint density at radius 2 is 1.82 bits per heavy atom. The third kappa shape index (κ3) is 5.72. The molecule has 0 bridgehead atoms. The van der Waals surface area contributed by atoms with Crippen LogP contribution in [0, 0.1) is 5.92 Å². The monoisotopic (exact) mass is 507 g/mol. The number of ether oxygens (including phenoxy) is 2. The van der Waals surface area contributed by atoms with Gasteiger partial charge in [-0.15, -0.1) is 0 Å². The van der Waals surface area contributed by atoms with Gasteiger partial charge < -0.3 is 14.8 Å². The fourth-order valence-electron chi connectivity index (χ4n) is 4.35. The molecule has 2 aromatic carbocycles. The lowest BCUT2D eigenvalue weighted by Gasteiger charge is -2.31. The van der Waals surface area contributed by atoms with Gasteiger partial charge in [0.1, 0.15) is 10.6 Å². The molecule has 2 aliphatic rings. The Morgan fingerprint density at radius 3 is 2.50 bits per heavy atom. The van der Waals surface area contributed by atoms with Gasteiger partial charge in [0.05, 0.1) is 20.3 Å². The standard InChI is InChI=1S/C24H30ClN3O5S/c1-32-22-7-6-20(16-23(22)34(30,31)28-12-14-33-15-13-28)26-24(29)18-8-10-27(11-9-18)17-19-4-2-3-5-21(19)25/h2-7,16,18H,8-15,17H2,1H3,(H,26,29). The fourth-order valence-corrected chi connectivity index (χ4v) is 6.13. The summed E-state index contributed by atoms with van der Waals surface area (Å²) in [4.78, 5) is 15.3. The molecule has 2 heterocycles. The maximum atomic E-state index is 13.2. The zero-order valence-electron chi connectivity index (χ0n) is 19.2. The summed E-state index contributed by atoms with van der Waals surface area (Å²) in [5, 5.41) is 3.66. The van der Waals surface area contributed by atoms with Crippen molar-refractivity contribution in [2.45, 2.75) is 24.3 Å². The molecule has 0 atom stereocenters. The molecule has 10 heteroatoms. The van der Waals surface area contributed by atoms with Gasteiger partial charge in [-0.05, 0) is 55.8 Å². The summed E-state index contributed by atoms with van der Waals surface area (Å²) in [5.41, 5.74) is 1.52. The topological polar surface area (TPSA) is 88.2 Å². The van der Waals surface area contributed by atoms with E-state index in [0.717, 1.165) is 43.1 Å². The Balaban J connectivity index is 1.39. The number of likely N-dealkylation sites (tertiary alicyclic amines) is 1. The second kappa shape index (κ2) is 11.0. The number of anilines is 1. The van der Waals surface area contributed by atoms with Gasteiger partial charge in [0.25, 0.3) is 0 Å². The molecule has 4 rings (SSSR count). The molecule has 2 saturated heterocycles. The van der Waals surface area contributed by atoms with Gasteiger partial charge in [0.15, 0.2) is 0 Å². The van der Waals surface area contributed by atoms with Gasteiger partial charge >= 0.3 is 0 Å². The fraction of sp³-hybridized carbons (Fsp3) is 0.458. The van der Waals surface area contributed by atoms with E-state index in [2.05, 4.69) is 10.2 Å². The van der Waals surface area contributed by atoms with Crippen molar-refractivity contribution in [3.63, 3.8) is 0 Å². The number of hydrogen-bond donors (Lipinski definition) is 1. The van der Waals surface area contributed by atoms with Gasteiger partial charge in [0, 0.05) is 36.3 Å². The summed E-state index contributed by atoms with van der Waals surface area (Å²) < 4.78 is 38.3. The molecule has 0 unspecified atom stereocenters. The van der Waals surface area contributed by atoms with Crippen LogP contribution in [-0.4, -0.2) is 70.0 Å². The summed E-state index contributed by atoms with van der Waals surface area (Å²) in [7, 11) is -2.34. The summed E-state index contributed by atoms with van der Waals surface area (Å²) in [6.45, 7) is 3.63. The summed E-state index contributed by atoms with van der Waals surface area (Å²) in [6.07, 6.45) is 1.46. The molecule has 1 amide bonds. The number of carbonyl (C=O) groups is 1. The average Bonchev–Trinajstić information content (AvgIpc) is 2.86. The largest absolute Gasteiger partial charge is 0.495 e. The van der Waals surface area contributed by atoms with E-state index in [1.165, 1.54) is 17.5 Å². The van der Waals surface area contributed by atoms with E-state index in [0.29, 0.717) is 18.9 Å². The Labute approximate surface area is 205 Å². The molecule has 0 aliphatic carbocycles. The lowest BCUT2D eigenvalue weighted by atomic mass is 9.95. The minimum absolute atomic E-state index is 0.0456. The van der Waals surface area contributed by atoms with E-state index in [4.69, 9.17) is 21.1 Å². The van der Waals surface area contributed by atoms with Crippen molar-refractivity contribution >= 4 is 33.2 Å². The molecule has 0 saturated carbocycles. The number of amides is 1. The van der Waals surface area contributed by atoms with E-state index < -0.39 is 10.0 Å². The first kappa shape index (κ1) is 24.9. The van der Waals surface area contributed by atoms with E-state index >= 15 is 0 Å². The lowest BCUT2D eigenvalue weighted by molar-refractivity contribution is -0.121. The van der Waals surface area contributed by atoms with Crippen LogP contribution >= 0.6 is 11.6 Å².